The SMILES string of the molecule is COc1ccccc1C(C)NC(=O)CCCNC(=O)c1ccco1. The molecule has 24 heavy (non-hydrogen) atoms. The van der Waals surface area contributed by atoms with Gasteiger partial charge in [-0.3, -0.25) is 9.59 Å². The molecular formula is C18H22N2O4. The zero-order valence-corrected chi connectivity index (χ0v) is 13.9. The van der Waals surface area contributed by atoms with Crippen LogP contribution in [0, 0.1) is 0 Å². The fraction of sp³-hybridized carbons (Fsp3) is 0.333. The maximum absolute atomic E-state index is 12.0. The first-order valence-corrected chi connectivity index (χ1v) is 7.85. The predicted molar refractivity (Wildman–Crippen MR) is 89.8 cm³/mol. The molecule has 1 aromatic carbocycles. The minimum absolute atomic E-state index is 0.0688. The van der Waals surface area contributed by atoms with Crippen LogP contribution in [0.1, 0.15) is 41.9 Å². The van der Waals surface area contributed by atoms with Gasteiger partial charge in [0.2, 0.25) is 5.91 Å². The molecule has 2 rings (SSSR count). The lowest BCUT2D eigenvalue weighted by Gasteiger charge is -2.17. The predicted octanol–water partition coefficient (Wildman–Crippen LogP) is 2.68. The zero-order valence-electron chi connectivity index (χ0n) is 13.9. The van der Waals surface area contributed by atoms with Crippen LogP contribution in [0.15, 0.2) is 47.1 Å². The number of nitrogens with one attached hydrogen (secondary N) is 2. The molecule has 0 aliphatic carbocycles. The highest BCUT2D eigenvalue weighted by molar-refractivity contribution is 5.91. The van der Waals surface area contributed by atoms with Crippen molar-refractivity contribution < 1.29 is 18.7 Å². The second-order valence-corrected chi connectivity index (χ2v) is 5.37. The summed E-state index contributed by atoms with van der Waals surface area (Å²) in [6.07, 6.45) is 2.33. The minimum Gasteiger partial charge on any atom is -0.496 e. The van der Waals surface area contributed by atoms with E-state index < -0.39 is 0 Å². The van der Waals surface area contributed by atoms with E-state index in [1.807, 2.05) is 31.2 Å². The third-order valence-corrected chi connectivity index (χ3v) is 3.59. The number of methoxy groups -OCH3 is 1. The lowest BCUT2D eigenvalue weighted by atomic mass is 10.1. The van der Waals surface area contributed by atoms with Crippen LogP contribution in [0.5, 0.6) is 5.75 Å². The number of hydrogen-bond acceptors (Lipinski definition) is 4. The van der Waals surface area contributed by atoms with Crippen LogP contribution in [0.3, 0.4) is 0 Å². The van der Waals surface area contributed by atoms with E-state index in [4.69, 9.17) is 9.15 Å². The number of hydrogen-bond donors (Lipinski definition) is 2. The Balaban J connectivity index is 1.72. The van der Waals surface area contributed by atoms with E-state index in [9.17, 15) is 9.59 Å². The zero-order chi connectivity index (χ0) is 17.4. The molecule has 0 aliphatic rings. The van der Waals surface area contributed by atoms with Gasteiger partial charge in [-0.2, -0.15) is 0 Å². The molecule has 128 valence electrons. The normalized spacial score (nSPS) is 11.6. The van der Waals surface area contributed by atoms with E-state index in [-0.39, 0.29) is 23.6 Å². The summed E-state index contributed by atoms with van der Waals surface area (Å²) in [6, 6.07) is 10.7. The molecule has 6 heteroatoms. The molecule has 0 radical (unpaired) electrons. The van der Waals surface area contributed by atoms with Gasteiger partial charge in [0.1, 0.15) is 5.75 Å². The minimum atomic E-state index is -0.275. The number of furan rings is 1. The highest BCUT2D eigenvalue weighted by Gasteiger charge is 2.13. The Morgan fingerprint density at radius 1 is 1.21 bits per heavy atom. The first-order valence-electron chi connectivity index (χ1n) is 7.85. The quantitative estimate of drug-likeness (QED) is 0.729. The van der Waals surface area contributed by atoms with E-state index >= 15 is 0 Å². The van der Waals surface area contributed by atoms with E-state index in [2.05, 4.69) is 10.6 Å². The molecule has 0 aliphatic heterocycles. The van der Waals surface area contributed by atoms with Crippen molar-refractivity contribution in [2.45, 2.75) is 25.8 Å². The fourth-order valence-corrected chi connectivity index (χ4v) is 2.36. The lowest BCUT2D eigenvalue weighted by Crippen LogP contribution is -2.29. The van der Waals surface area contributed by atoms with Crippen LogP contribution in [-0.2, 0) is 4.79 Å². The number of para-hydroxylation sites is 1. The third kappa shape index (κ3) is 4.87. The molecule has 2 amide bonds. The molecule has 1 atom stereocenters. The van der Waals surface area contributed by atoms with Gasteiger partial charge in [-0.05, 0) is 31.5 Å². The standard InChI is InChI=1S/C18H22N2O4/c1-13(14-7-3-4-8-15(14)23-2)20-17(21)10-5-11-19-18(22)16-9-6-12-24-16/h3-4,6-9,12-13H,5,10-11H2,1-2H3,(H,19,22)(H,20,21). The van der Waals surface area contributed by atoms with Gasteiger partial charge >= 0.3 is 0 Å². The first-order chi connectivity index (χ1) is 11.6. The average Bonchev–Trinajstić information content (AvgIpc) is 3.13. The topological polar surface area (TPSA) is 80.6 Å². The van der Waals surface area contributed by atoms with Crippen molar-refractivity contribution in [3.8, 4) is 5.75 Å². The second-order valence-electron chi connectivity index (χ2n) is 5.37. The lowest BCUT2D eigenvalue weighted by molar-refractivity contribution is -0.121. The molecule has 1 unspecified atom stereocenters. The van der Waals surface area contributed by atoms with Crippen molar-refractivity contribution in [1.82, 2.24) is 10.6 Å². The second kappa shape index (κ2) is 8.76. The molecule has 0 saturated carbocycles. The van der Waals surface area contributed by atoms with Gasteiger partial charge in [-0.1, -0.05) is 18.2 Å². The number of ether oxygens (including phenoxy) is 1. The smallest absolute Gasteiger partial charge is 0.286 e. The Hall–Kier alpha value is -2.76. The van der Waals surface area contributed by atoms with Crippen molar-refractivity contribution in [3.63, 3.8) is 0 Å². The Morgan fingerprint density at radius 2 is 2.00 bits per heavy atom. The molecule has 0 fully saturated rings. The number of rotatable bonds is 8. The number of carbonyl (C=O) groups excluding carboxylic acids is 2. The maximum atomic E-state index is 12.0. The molecule has 6 nitrogen and oxygen atoms in total. The summed E-state index contributed by atoms with van der Waals surface area (Å²) in [5.74, 6) is 0.670. The molecule has 1 aromatic heterocycles. The van der Waals surface area contributed by atoms with Gasteiger partial charge in [0.25, 0.3) is 5.91 Å². The molecule has 1 heterocycles. The summed E-state index contributed by atoms with van der Waals surface area (Å²) in [4.78, 5) is 23.7. The van der Waals surface area contributed by atoms with E-state index in [0.29, 0.717) is 19.4 Å². The van der Waals surface area contributed by atoms with Crippen molar-refractivity contribution in [2.75, 3.05) is 13.7 Å². The van der Waals surface area contributed by atoms with Crippen LogP contribution in [0.4, 0.5) is 0 Å². The molecule has 2 N–H and O–H groups in total. The van der Waals surface area contributed by atoms with Crippen molar-refractivity contribution >= 4 is 11.8 Å². The third-order valence-electron chi connectivity index (χ3n) is 3.59. The van der Waals surface area contributed by atoms with Gasteiger partial charge < -0.3 is 19.8 Å². The first kappa shape index (κ1) is 17.6. The summed E-state index contributed by atoms with van der Waals surface area (Å²) >= 11 is 0. The van der Waals surface area contributed by atoms with E-state index in [0.717, 1.165) is 11.3 Å². The summed E-state index contributed by atoms with van der Waals surface area (Å²) in [5, 5.41) is 5.65. The monoisotopic (exact) mass is 330 g/mol. The van der Waals surface area contributed by atoms with Gasteiger partial charge in [-0.25, -0.2) is 0 Å². The largest absolute Gasteiger partial charge is 0.496 e. The van der Waals surface area contributed by atoms with Crippen LogP contribution in [-0.4, -0.2) is 25.5 Å². The van der Waals surface area contributed by atoms with Crippen molar-refractivity contribution in [3.05, 3.63) is 54.0 Å². The summed E-state index contributed by atoms with van der Waals surface area (Å²) in [7, 11) is 1.61. The van der Waals surface area contributed by atoms with Gasteiger partial charge in [0.05, 0.1) is 19.4 Å². The van der Waals surface area contributed by atoms with Gasteiger partial charge in [-0.15, -0.1) is 0 Å². The highest BCUT2D eigenvalue weighted by Crippen LogP contribution is 2.24. The van der Waals surface area contributed by atoms with Crippen LogP contribution in [0.2, 0.25) is 0 Å². The fourth-order valence-electron chi connectivity index (χ4n) is 2.36. The molecule has 0 bridgehead atoms. The summed E-state index contributed by atoms with van der Waals surface area (Å²) in [6.45, 7) is 2.32. The Morgan fingerprint density at radius 3 is 2.71 bits per heavy atom. The molecule has 2 aromatic rings. The maximum Gasteiger partial charge on any atom is 0.286 e. The van der Waals surface area contributed by atoms with Crippen LogP contribution >= 0.6 is 0 Å². The van der Waals surface area contributed by atoms with E-state index in [1.165, 1.54) is 6.26 Å². The molecular weight excluding hydrogens is 308 g/mol. The summed E-state index contributed by atoms with van der Waals surface area (Å²) in [5.41, 5.74) is 0.930. The van der Waals surface area contributed by atoms with Crippen molar-refractivity contribution in [1.29, 1.82) is 0 Å². The molecule has 0 saturated heterocycles. The van der Waals surface area contributed by atoms with Gasteiger partial charge in [0, 0.05) is 18.5 Å². The van der Waals surface area contributed by atoms with Crippen LogP contribution in [0.25, 0.3) is 0 Å². The Kier molecular flexibility index (Phi) is 6.42. The molecule has 0 spiro atoms. The number of carbonyl (C=O) groups is 2. The summed E-state index contributed by atoms with van der Waals surface area (Å²) < 4.78 is 10.3. The van der Waals surface area contributed by atoms with E-state index in [1.54, 1.807) is 19.2 Å². The van der Waals surface area contributed by atoms with Gasteiger partial charge in [0.15, 0.2) is 5.76 Å². The number of benzene rings is 1. The number of amides is 2. The highest BCUT2D eigenvalue weighted by atomic mass is 16.5. The van der Waals surface area contributed by atoms with Crippen LogP contribution < -0.4 is 15.4 Å². The van der Waals surface area contributed by atoms with Crippen molar-refractivity contribution in [2.24, 2.45) is 0 Å². The Labute approximate surface area is 141 Å². The Bertz CT molecular complexity index is 667. The average molecular weight is 330 g/mol.